The van der Waals surface area contributed by atoms with E-state index in [4.69, 9.17) is 4.74 Å². The second-order valence-electron chi connectivity index (χ2n) is 5.67. The van der Waals surface area contributed by atoms with Crippen molar-refractivity contribution in [3.05, 3.63) is 78.4 Å². The van der Waals surface area contributed by atoms with Crippen molar-refractivity contribution >= 4 is 34.4 Å². The quantitative estimate of drug-likeness (QED) is 0.277. The van der Waals surface area contributed by atoms with Crippen molar-refractivity contribution < 1.29 is 24.3 Å². The lowest BCUT2D eigenvalue weighted by Gasteiger charge is -2.08. The number of hydrazone groups is 1. The average molecular weight is 417 g/mol. The van der Waals surface area contributed by atoms with Crippen LogP contribution in [0.25, 0.3) is 0 Å². The van der Waals surface area contributed by atoms with Crippen molar-refractivity contribution in [2.75, 3.05) is 12.0 Å². The van der Waals surface area contributed by atoms with Crippen molar-refractivity contribution in [1.29, 1.82) is 0 Å². The summed E-state index contributed by atoms with van der Waals surface area (Å²) in [5, 5.41) is 36.9. The van der Waals surface area contributed by atoms with Gasteiger partial charge in [0.15, 0.2) is 0 Å². The predicted octanol–water partition coefficient (Wildman–Crippen LogP) is 3.18. The topological polar surface area (TPSA) is 180 Å². The van der Waals surface area contributed by atoms with Gasteiger partial charge in [0.1, 0.15) is 5.69 Å². The van der Waals surface area contributed by atoms with Gasteiger partial charge in [0.2, 0.25) is 0 Å². The van der Waals surface area contributed by atoms with E-state index in [9.17, 15) is 35.1 Å². The third-order valence-corrected chi connectivity index (χ3v) is 3.73. The van der Waals surface area contributed by atoms with Gasteiger partial charge in [-0.15, -0.1) is 0 Å². The summed E-state index contributed by atoms with van der Waals surface area (Å²) in [5.41, 5.74) is 1.48. The van der Waals surface area contributed by atoms with Crippen LogP contribution < -0.4 is 5.43 Å². The van der Waals surface area contributed by atoms with E-state index in [2.05, 4.69) is 10.5 Å². The van der Waals surface area contributed by atoms with Crippen molar-refractivity contribution in [3.63, 3.8) is 0 Å². The Morgan fingerprint density at radius 1 is 0.967 bits per heavy atom. The Balaban J connectivity index is 2.41. The molecule has 13 heteroatoms. The van der Waals surface area contributed by atoms with Crippen LogP contribution in [-0.2, 0) is 9.53 Å². The highest BCUT2D eigenvalue weighted by atomic mass is 16.6. The number of hydrogen-bond acceptors (Lipinski definition) is 10. The van der Waals surface area contributed by atoms with Crippen LogP contribution in [0.2, 0.25) is 0 Å². The van der Waals surface area contributed by atoms with Crippen molar-refractivity contribution in [2.45, 2.75) is 13.3 Å². The van der Waals surface area contributed by atoms with Crippen molar-refractivity contribution in [1.82, 2.24) is 0 Å². The van der Waals surface area contributed by atoms with Crippen molar-refractivity contribution in [2.24, 2.45) is 5.10 Å². The second kappa shape index (κ2) is 9.68. The predicted molar refractivity (Wildman–Crippen MR) is 104 cm³/mol. The van der Waals surface area contributed by atoms with Crippen LogP contribution in [0.1, 0.15) is 18.9 Å². The fraction of sp³-hybridized carbons (Fsp3) is 0.176. The summed E-state index contributed by atoms with van der Waals surface area (Å²) >= 11 is 0. The monoisotopic (exact) mass is 417 g/mol. The Hall–Kier alpha value is -4.42. The third kappa shape index (κ3) is 5.54. The van der Waals surface area contributed by atoms with Gasteiger partial charge in [-0.1, -0.05) is 0 Å². The van der Waals surface area contributed by atoms with Gasteiger partial charge in [0.25, 0.3) is 11.4 Å². The Morgan fingerprint density at radius 3 is 2.10 bits per heavy atom. The standard InChI is InChI=1S/C17H15N5O8/c1-2-30-17(23)10-15(11-3-5-12(6-4-11)20(24)25)19-18-14-8-7-13(21(26)27)9-16(14)22(28)29/h3-9,18H,2,10H2,1H3/b19-15+. The molecule has 0 saturated heterocycles. The molecule has 1 N–H and O–H groups in total. The Morgan fingerprint density at radius 2 is 1.57 bits per heavy atom. The Bertz CT molecular complexity index is 1020. The van der Waals surface area contributed by atoms with Crippen LogP contribution >= 0.6 is 0 Å². The third-order valence-electron chi connectivity index (χ3n) is 3.73. The fourth-order valence-corrected chi connectivity index (χ4v) is 2.34. The lowest BCUT2D eigenvalue weighted by molar-refractivity contribution is -0.393. The highest BCUT2D eigenvalue weighted by Crippen LogP contribution is 2.29. The van der Waals surface area contributed by atoms with Crippen LogP contribution in [0.15, 0.2) is 47.6 Å². The number of esters is 1. The summed E-state index contributed by atoms with van der Waals surface area (Å²) in [7, 11) is 0. The first kappa shape index (κ1) is 21.9. The second-order valence-corrected chi connectivity index (χ2v) is 5.67. The van der Waals surface area contributed by atoms with Gasteiger partial charge >= 0.3 is 11.7 Å². The van der Waals surface area contributed by atoms with Crippen LogP contribution in [0.4, 0.5) is 22.7 Å². The molecule has 2 aromatic rings. The number of nitro groups is 3. The highest BCUT2D eigenvalue weighted by Gasteiger charge is 2.20. The van der Waals surface area contributed by atoms with Crippen molar-refractivity contribution in [3.8, 4) is 0 Å². The number of non-ortho nitro benzene ring substituents is 2. The molecule has 30 heavy (non-hydrogen) atoms. The lowest BCUT2D eigenvalue weighted by atomic mass is 10.1. The first-order valence-corrected chi connectivity index (χ1v) is 8.38. The smallest absolute Gasteiger partial charge is 0.311 e. The number of carbonyl (C=O) groups excluding carboxylic acids is 1. The number of nitrogens with one attached hydrogen (secondary N) is 1. The van der Waals surface area contributed by atoms with Gasteiger partial charge in [-0.2, -0.15) is 5.10 Å². The van der Waals surface area contributed by atoms with Crippen LogP contribution in [0, 0.1) is 30.3 Å². The van der Waals surface area contributed by atoms with Gasteiger partial charge < -0.3 is 4.74 Å². The van der Waals surface area contributed by atoms with E-state index >= 15 is 0 Å². The summed E-state index contributed by atoms with van der Waals surface area (Å²) in [6.45, 7) is 1.73. The van der Waals surface area contributed by atoms with E-state index in [1.165, 1.54) is 24.3 Å². The molecular formula is C17H15N5O8. The SMILES string of the molecule is CCOC(=O)C/C(=N\Nc1ccc([N+](=O)[O-])cc1[N+](=O)[O-])c1ccc([N+](=O)[O-])cc1. The van der Waals surface area contributed by atoms with Crippen LogP contribution in [0.3, 0.4) is 0 Å². The summed E-state index contributed by atoms with van der Waals surface area (Å²) < 4.78 is 4.87. The highest BCUT2D eigenvalue weighted by molar-refractivity contribution is 6.09. The number of hydrogen-bond donors (Lipinski definition) is 1. The molecule has 0 amide bonds. The minimum atomic E-state index is -0.818. The molecule has 2 aromatic carbocycles. The minimum absolute atomic E-state index is 0.0935. The maximum absolute atomic E-state index is 11.9. The zero-order chi connectivity index (χ0) is 22.3. The van der Waals surface area contributed by atoms with Crippen LogP contribution in [-0.4, -0.2) is 33.1 Å². The molecule has 0 bridgehead atoms. The molecule has 0 fully saturated rings. The normalized spacial score (nSPS) is 10.9. The Labute approximate surface area is 168 Å². The molecule has 0 atom stereocenters. The minimum Gasteiger partial charge on any atom is -0.466 e. The largest absolute Gasteiger partial charge is 0.466 e. The van der Waals surface area contributed by atoms with E-state index in [1.807, 2.05) is 0 Å². The van der Waals surface area contributed by atoms with Gasteiger partial charge in [-0.25, -0.2) is 0 Å². The Kier molecular flexibility index (Phi) is 7.06. The molecule has 156 valence electrons. The summed E-state index contributed by atoms with van der Waals surface area (Å²) in [6, 6.07) is 8.09. The molecular weight excluding hydrogens is 402 g/mol. The summed E-state index contributed by atoms with van der Waals surface area (Å²) in [5.74, 6) is -0.630. The molecule has 0 aliphatic rings. The first-order valence-electron chi connectivity index (χ1n) is 8.38. The molecule has 0 radical (unpaired) electrons. The maximum Gasteiger partial charge on any atom is 0.311 e. The van der Waals surface area contributed by atoms with Gasteiger partial charge in [-0.05, 0) is 30.7 Å². The summed E-state index contributed by atoms with van der Waals surface area (Å²) in [4.78, 5) is 42.6. The zero-order valence-corrected chi connectivity index (χ0v) is 15.5. The number of benzene rings is 2. The molecule has 13 nitrogen and oxygen atoms in total. The van der Waals surface area contributed by atoms with Crippen LogP contribution in [0.5, 0.6) is 0 Å². The first-order chi connectivity index (χ1) is 14.2. The average Bonchev–Trinajstić information content (AvgIpc) is 2.71. The van der Waals surface area contributed by atoms with Gasteiger partial charge in [0.05, 0.1) is 39.6 Å². The van der Waals surface area contributed by atoms with E-state index in [-0.39, 0.29) is 30.1 Å². The molecule has 0 aliphatic heterocycles. The number of anilines is 1. The van der Waals surface area contributed by atoms with E-state index in [0.29, 0.717) is 5.56 Å². The zero-order valence-electron chi connectivity index (χ0n) is 15.5. The molecule has 0 heterocycles. The maximum atomic E-state index is 11.9. The molecule has 0 spiro atoms. The molecule has 0 aliphatic carbocycles. The molecule has 0 saturated carbocycles. The van der Waals surface area contributed by atoms with E-state index in [1.54, 1.807) is 6.92 Å². The number of nitro benzene ring substituents is 3. The van der Waals surface area contributed by atoms with Gasteiger partial charge in [0, 0.05) is 18.2 Å². The molecule has 0 aromatic heterocycles. The number of rotatable bonds is 9. The lowest BCUT2D eigenvalue weighted by Crippen LogP contribution is -2.14. The van der Waals surface area contributed by atoms with E-state index < -0.39 is 32.1 Å². The van der Waals surface area contributed by atoms with Gasteiger partial charge in [-0.3, -0.25) is 40.6 Å². The number of nitrogens with zero attached hydrogens (tertiary/aromatic N) is 4. The number of carbonyl (C=O) groups is 1. The molecule has 0 unspecified atom stereocenters. The van der Waals surface area contributed by atoms with E-state index in [0.717, 1.165) is 18.2 Å². The summed E-state index contributed by atoms with van der Waals surface area (Å²) in [6.07, 6.45) is -0.320. The molecule has 2 rings (SSSR count). The fourth-order valence-electron chi connectivity index (χ4n) is 2.34. The number of ether oxygens (including phenoxy) is 1.